The molecule has 0 saturated carbocycles. The van der Waals surface area contributed by atoms with E-state index in [1.807, 2.05) is 54.1 Å². The predicted octanol–water partition coefficient (Wildman–Crippen LogP) is 4.70. The van der Waals surface area contributed by atoms with Gasteiger partial charge in [0.25, 0.3) is 0 Å². The van der Waals surface area contributed by atoms with Crippen molar-refractivity contribution in [2.24, 2.45) is 0 Å². The first-order valence-corrected chi connectivity index (χ1v) is 9.65. The molecule has 0 aliphatic heterocycles. The first-order chi connectivity index (χ1) is 13.1. The van der Waals surface area contributed by atoms with Crippen LogP contribution >= 0.6 is 11.3 Å². The van der Waals surface area contributed by atoms with Gasteiger partial charge in [0.1, 0.15) is 11.3 Å². The van der Waals surface area contributed by atoms with Crippen molar-refractivity contribution >= 4 is 28.2 Å². The van der Waals surface area contributed by atoms with E-state index in [2.05, 4.69) is 10.2 Å². The smallest absolute Gasteiger partial charge is 0.248 e. The fourth-order valence-electron chi connectivity index (χ4n) is 2.86. The average Bonchev–Trinajstić information content (AvgIpc) is 3.44. The number of thiophene rings is 1. The van der Waals surface area contributed by atoms with Crippen LogP contribution in [0.2, 0.25) is 0 Å². The number of carbonyl (C=O) groups is 1. The van der Waals surface area contributed by atoms with Crippen LogP contribution in [0.4, 0.5) is 0 Å². The van der Waals surface area contributed by atoms with E-state index in [0.717, 1.165) is 22.3 Å². The molecule has 0 aliphatic rings. The summed E-state index contributed by atoms with van der Waals surface area (Å²) in [5.41, 5.74) is 1.73. The number of furan rings is 1. The van der Waals surface area contributed by atoms with Gasteiger partial charge in [0.15, 0.2) is 0 Å². The van der Waals surface area contributed by atoms with Crippen molar-refractivity contribution in [3.05, 3.63) is 58.8 Å². The van der Waals surface area contributed by atoms with Crippen LogP contribution in [0.1, 0.15) is 31.0 Å². The van der Waals surface area contributed by atoms with Gasteiger partial charge in [-0.25, -0.2) is 0 Å². The Labute approximate surface area is 160 Å². The molecular formula is C20H19N3O3S. The van der Waals surface area contributed by atoms with Gasteiger partial charge >= 0.3 is 0 Å². The van der Waals surface area contributed by atoms with Gasteiger partial charge in [-0.15, -0.1) is 10.2 Å². The number of benzene rings is 1. The second-order valence-corrected chi connectivity index (χ2v) is 7.16. The molecule has 0 aliphatic carbocycles. The summed E-state index contributed by atoms with van der Waals surface area (Å²) in [6.07, 6.45) is 0.708. The fourth-order valence-corrected chi connectivity index (χ4v) is 3.49. The molecule has 138 valence electrons. The molecule has 1 atom stereocenters. The van der Waals surface area contributed by atoms with Gasteiger partial charge in [-0.05, 0) is 30.5 Å². The third-order valence-corrected chi connectivity index (χ3v) is 5.30. The number of amides is 1. The minimum atomic E-state index is -0.158. The maximum absolute atomic E-state index is 12.6. The molecule has 0 bridgehead atoms. The molecule has 0 N–H and O–H groups in total. The molecule has 6 nitrogen and oxygen atoms in total. The molecule has 0 radical (unpaired) electrons. The lowest BCUT2D eigenvalue weighted by Crippen LogP contribution is -2.29. The van der Waals surface area contributed by atoms with Crippen LogP contribution in [0, 0.1) is 0 Å². The van der Waals surface area contributed by atoms with E-state index in [4.69, 9.17) is 8.83 Å². The highest BCUT2D eigenvalue weighted by Gasteiger charge is 2.21. The lowest BCUT2D eigenvalue weighted by molar-refractivity contribution is -0.132. The average molecular weight is 381 g/mol. The summed E-state index contributed by atoms with van der Waals surface area (Å²) in [5, 5.41) is 13.0. The Morgan fingerprint density at radius 2 is 2.07 bits per heavy atom. The molecule has 7 heteroatoms. The van der Waals surface area contributed by atoms with Gasteiger partial charge in [0.05, 0.1) is 6.04 Å². The lowest BCUT2D eigenvalue weighted by Gasteiger charge is -2.23. The molecule has 3 heterocycles. The third kappa shape index (κ3) is 3.64. The topological polar surface area (TPSA) is 72.4 Å². The molecule has 1 aromatic carbocycles. The zero-order valence-corrected chi connectivity index (χ0v) is 15.9. The Bertz CT molecular complexity index is 1020. The molecule has 0 saturated heterocycles. The van der Waals surface area contributed by atoms with E-state index < -0.39 is 0 Å². The first kappa shape index (κ1) is 17.5. The SMILES string of the molecule is C[C@@H](c1cc2ccccc2o1)N(C)C(=O)CCc1nnc(-c2ccsc2)o1. The second kappa shape index (κ2) is 7.36. The Hall–Kier alpha value is -2.93. The van der Waals surface area contributed by atoms with Gasteiger partial charge in [-0.1, -0.05) is 18.2 Å². The number of rotatable bonds is 6. The van der Waals surface area contributed by atoms with Gasteiger partial charge in [0, 0.05) is 36.2 Å². The van der Waals surface area contributed by atoms with Crippen LogP contribution in [0.25, 0.3) is 22.4 Å². The Balaban J connectivity index is 1.38. The van der Waals surface area contributed by atoms with E-state index in [1.54, 1.807) is 23.3 Å². The minimum absolute atomic E-state index is 0.00163. The van der Waals surface area contributed by atoms with Crippen molar-refractivity contribution in [2.45, 2.75) is 25.8 Å². The normalized spacial score (nSPS) is 12.4. The molecule has 0 spiro atoms. The molecule has 0 unspecified atom stereocenters. The van der Waals surface area contributed by atoms with E-state index in [-0.39, 0.29) is 11.9 Å². The van der Waals surface area contributed by atoms with Gasteiger partial charge in [-0.3, -0.25) is 4.79 Å². The van der Waals surface area contributed by atoms with Crippen LogP contribution in [0.3, 0.4) is 0 Å². The number of carbonyl (C=O) groups excluding carboxylic acids is 1. The number of fused-ring (bicyclic) bond motifs is 1. The summed E-state index contributed by atoms with van der Waals surface area (Å²) in [5.74, 6) is 1.72. The monoisotopic (exact) mass is 381 g/mol. The Kier molecular flexibility index (Phi) is 4.77. The highest BCUT2D eigenvalue weighted by atomic mass is 32.1. The number of nitrogens with zero attached hydrogens (tertiary/aromatic N) is 3. The summed E-state index contributed by atoms with van der Waals surface area (Å²) in [6, 6.07) is 11.6. The molecular weight excluding hydrogens is 362 g/mol. The number of para-hydroxylation sites is 1. The molecule has 1 amide bonds. The summed E-state index contributed by atoms with van der Waals surface area (Å²) in [4.78, 5) is 14.3. The predicted molar refractivity (Wildman–Crippen MR) is 103 cm³/mol. The number of hydrogen-bond donors (Lipinski definition) is 0. The van der Waals surface area contributed by atoms with Crippen molar-refractivity contribution < 1.29 is 13.6 Å². The highest BCUT2D eigenvalue weighted by molar-refractivity contribution is 7.08. The lowest BCUT2D eigenvalue weighted by atomic mass is 10.2. The third-order valence-electron chi connectivity index (χ3n) is 4.62. The Morgan fingerprint density at radius 1 is 1.22 bits per heavy atom. The molecule has 0 fully saturated rings. The van der Waals surface area contributed by atoms with E-state index in [1.165, 1.54) is 0 Å². The highest BCUT2D eigenvalue weighted by Crippen LogP contribution is 2.27. The van der Waals surface area contributed by atoms with Crippen molar-refractivity contribution in [1.29, 1.82) is 0 Å². The minimum Gasteiger partial charge on any atom is -0.459 e. The van der Waals surface area contributed by atoms with E-state index in [9.17, 15) is 4.79 Å². The van der Waals surface area contributed by atoms with Crippen LogP contribution in [-0.2, 0) is 11.2 Å². The van der Waals surface area contributed by atoms with Crippen molar-refractivity contribution in [3.8, 4) is 11.5 Å². The quantitative estimate of drug-likeness (QED) is 0.484. The van der Waals surface area contributed by atoms with Crippen LogP contribution < -0.4 is 0 Å². The zero-order chi connectivity index (χ0) is 18.8. The maximum atomic E-state index is 12.6. The largest absolute Gasteiger partial charge is 0.459 e. The molecule has 3 aromatic heterocycles. The van der Waals surface area contributed by atoms with Crippen molar-refractivity contribution in [1.82, 2.24) is 15.1 Å². The zero-order valence-electron chi connectivity index (χ0n) is 15.1. The summed E-state index contributed by atoms with van der Waals surface area (Å²) < 4.78 is 11.5. The van der Waals surface area contributed by atoms with Crippen molar-refractivity contribution in [3.63, 3.8) is 0 Å². The number of aryl methyl sites for hydroxylation is 1. The van der Waals surface area contributed by atoms with E-state index in [0.29, 0.717) is 24.6 Å². The van der Waals surface area contributed by atoms with Crippen LogP contribution in [0.15, 0.2) is 56.0 Å². The standard InChI is InChI=1S/C20H19N3O3S/c1-13(17-11-14-5-3-4-6-16(14)25-17)23(2)19(24)8-7-18-21-22-20(26-18)15-9-10-27-12-15/h3-6,9-13H,7-8H2,1-2H3/t13-/m0/s1. The second-order valence-electron chi connectivity index (χ2n) is 6.38. The van der Waals surface area contributed by atoms with Gasteiger partial charge < -0.3 is 13.7 Å². The van der Waals surface area contributed by atoms with Crippen LogP contribution in [0.5, 0.6) is 0 Å². The first-order valence-electron chi connectivity index (χ1n) is 8.71. The summed E-state index contributed by atoms with van der Waals surface area (Å²) in [7, 11) is 1.78. The summed E-state index contributed by atoms with van der Waals surface area (Å²) >= 11 is 1.57. The summed E-state index contributed by atoms with van der Waals surface area (Å²) in [6.45, 7) is 1.96. The molecule has 27 heavy (non-hydrogen) atoms. The van der Waals surface area contributed by atoms with E-state index >= 15 is 0 Å². The Morgan fingerprint density at radius 3 is 2.85 bits per heavy atom. The van der Waals surface area contributed by atoms with Crippen LogP contribution in [-0.4, -0.2) is 28.1 Å². The molecule has 4 rings (SSSR count). The number of aromatic nitrogens is 2. The van der Waals surface area contributed by atoms with Gasteiger partial charge in [-0.2, -0.15) is 11.3 Å². The fraction of sp³-hybridized carbons (Fsp3) is 0.250. The van der Waals surface area contributed by atoms with Crippen molar-refractivity contribution in [2.75, 3.05) is 7.05 Å². The number of hydrogen-bond acceptors (Lipinski definition) is 6. The molecule has 4 aromatic rings. The maximum Gasteiger partial charge on any atom is 0.248 e. The van der Waals surface area contributed by atoms with Gasteiger partial charge in [0.2, 0.25) is 17.7 Å².